The van der Waals surface area contributed by atoms with E-state index in [1.807, 2.05) is 60.7 Å². The second-order valence-electron chi connectivity index (χ2n) is 5.63. The van der Waals surface area contributed by atoms with E-state index in [1.54, 1.807) is 18.3 Å². The first-order chi connectivity index (χ1) is 12.3. The standard InChI is InChI=1S/C21H20N2O2/c24-21(23-15-13-19-8-4-5-14-22-19)18-9-11-20(12-10-18)25-16-17-6-2-1-3-7-17/h1-12,14H,13,15-16H2,(H,23,24). The van der Waals surface area contributed by atoms with Crippen molar-refractivity contribution in [3.8, 4) is 5.75 Å². The number of hydrogen-bond acceptors (Lipinski definition) is 3. The summed E-state index contributed by atoms with van der Waals surface area (Å²) >= 11 is 0. The predicted octanol–water partition coefficient (Wildman–Crippen LogP) is 3.63. The SMILES string of the molecule is O=C(NCCc1ccccn1)c1ccc(OCc2ccccc2)cc1. The van der Waals surface area contributed by atoms with Crippen molar-refractivity contribution >= 4 is 5.91 Å². The Balaban J connectivity index is 1.47. The van der Waals surface area contributed by atoms with Crippen molar-refractivity contribution in [2.75, 3.05) is 6.54 Å². The van der Waals surface area contributed by atoms with E-state index in [9.17, 15) is 4.79 Å². The van der Waals surface area contributed by atoms with Gasteiger partial charge in [-0.3, -0.25) is 9.78 Å². The Bertz CT molecular complexity index is 787. The lowest BCUT2D eigenvalue weighted by atomic mass is 10.2. The summed E-state index contributed by atoms with van der Waals surface area (Å²) in [6.07, 6.45) is 2.47. The summed E-state index contributed by atoms with van der Waals surface area (Å²) in [6, 6.07) is 22.9. The second-order valence-corrected chi connectivity index (χ2v) is 5.63. The van der Waals surface area contributed by atoms with Crippen molar-refractivity contribution in [2.24, 2.45) is 0 Å². The zero-order valence-electron chi connectivity index (χ0n) is 13.9. The first-order valence-corrected chi connectivity index (χ1v) is 8.26. The average molecular weight is 332 g/mol. The van der Waals surface area contributed by atoms with Gasteiger partial charge in [-0.25, -0.2) is 0 Å². The van der Waals surface area contributed by atoms with Crippen LogP contribution in [0, 0.1) is 0 Å². The van der Waals surface area contributed by atoms with E-state index in [0.29, 0.717) is 25.1 Å². The lowest BCUT2D eigenvalue weighted by Crippen LogP contribution is -2.25. The molecule has 0 fully saturated rings. The molecule has 25 heavy (non-hydrogen) atoms. The fraction of sp³-hybridized carbons (Fsp3) is 0.143. The van der Waals surface area contributed by atoms with E-state index in [-0.39, 0.29) is 5.91 Å². The molecule has 0 bridgehead atoms. The number of carbonyl (C=O) groups excluding carboxylic acids is 1. The number of nitrogens with zero attached hydrogens (tertiary/aromatic N) is 1. The number of pyridine rings is 1. The maximum absolute atomic E-state index is 12.2. The van der Waals surface area contributed by atoms with Gasteiger partial charge in [0.25, 0.3) is 5.91 Å². The van der Waals surface area contributed by atoms with Crippen molar-refractivity contribution < 1.29 is 9.53 Å². The third kappa shape index (κ3) is 5.18. The molecule has 0 saturated carbocycles. The normalized spacial score (nSPS) is 10.2. The Morgan fingerprint density at radius 3 is 2.40 bits per heavy atom. The van der Waals surface area contributed by atoms with Crippen LogP contribution in [0.3, 0.4) is 0 Å². The Kier molecular flexibility index (Phi) is 5.77. The summed E-state index contributed by atoms with van der Waals surface area (Å²) in [5.74, 6) is 0.652. The number of rotatable bonds is 7. The van der Waals surface area contributed by atoms with Gasteiger partial charge in [-0.05, 0) is 42.0 Å². The van der Waals surface area contributed by atoms with Crippen LogP contribution in [0.25, 0.3) is 0 Å². The van der Waals surface area contributed by atoms with Crippen LogP contribution in [0.15, 0.2) is 79.0 Å². The molecule has 0 saturated heterocycles. The molecule has 0 aliphatic heterocycles. The fourth-order valence-corrected chi connectivity index (χ4v) is 2.40. The van der Waals surface area contributed by atoms with Gasteiger partial charge in [0.15, 0.2) is 0 Å². The molecule has 0 unspecified atom stereocenters. The van der Waals surface area contributed by atoms with Crippen molar-refractivity contribution in [2.45, 2.75) is 13.0 Å². The molecule has 1 aromatic heterocycles. The third-order valence-electron chi connectivity index (χ3n) is 3.76. The largest absolute Gasteiger partial charge is 0.489 e. The summed E-state index contributed by atoms with van der Waals surface area (Å²) in [6.45, 7) is 1.07. The quantitative estimate of drug-likeness (QED) is 0.719. The van der Waals surface area contributed by atoms with Crippen LogP contribution in [0.1, 0.15) is 21.6 Å². The van der Waals surface area contributed by atoms with E-state index in [0.717, 1.165) is 17.0 Å². The van der Waals surface area contributed by atoms with Gasteiger partial charge in [0.1, 0.15) is 12.4 Å². The highest BCUT2D eigenvalue weighted by molar-refractivity contribution is 5.94. The lowest BCUT2D eigenvalue weighted by molar-refractivity contribution is 0.0954. The van der Waals surface area contributed by atoms with Crippen LogP contribution in [-0.2, 0) is 13.0 Å². The molecule has 0 aliphatic carbocycles. The summed E-state index contributed by atoms with van der Waals surface area (Å²) in [4.78, 5) is 16.4. The van der Waals surface area contributed by atoms with Gasteiger partial charge in [-0.1, -0.05) is 36.4 Å². The number of nitrogens with one attached hydrogen (secondary N) is 1. The Morgan fingerprint density at radius 1 is 0.920 bits per heavy atom. The number of aromatic nitrogens is 1. The molecular formula is C21H20N2O2. The molecule has 3 aromatic rings. The fourth-order valence-electron chi connectivity index (χ4n) is 2.40. The molecule has 2 aromatic carbocycles. The van der Waals surface area contributed by atoms with E-state index in [2.05, 4.69) is 10.3 Å². The Labute approximate surface area is 147 Å². The molecule has 0 aliphatic rings. The van der Waals surface area contributed by atoms with Crippen molar-refractivity contribution in [3.63, 3.8) is 0 Å². The zero-order chi connectivity index (χ0) is 17.3. The number of hydrogen-bond donors (Lipinski definition) is 1. The summed E-state index contributed by atoms with van der Waals surface area (Å²) < 4.78 is 5.73. The zero-order valence-corrected chi connectivity index (χ0v) is 13.9. The van der Waals surface area contributed by atoms with E-state index in [1.165, 1.54) is 0 Å². The number of benzene rings is 2. The van der Waals surface area contributed by atoms with Crippen molar-refractivity contribution in [1.29, 1.82) is 0 Å². The van der Waals surface area contributed by atoms with Gasteiger partial charge in [-0.2, -0.15) is 0 Å². The first-order valence-electron chi connectivity index (χ1n) is 8.26. The monoisotopic (exact) mass is 332 g/mol. The van der Waals surface area contributed by atoms with Crippen LogP contribution in [-0.4, -0.2) is 17.4 Å². The minimum Gasteiger partial charge on any atom is -0.489 e. The van der Waals surface area contributed by atoms with Crippen molar-refractivity contribution in [3.05, 3.63) is 95.8 Å². The molecule has 4 nitrogen and oxygen atoms in total. The first kappa shape index (κ1) is 16.7. The van der Waals surface area contributed by atoms with E-state index in [4.69, 9.17) is 4.74 Å². The maximum atomic E-state index is 12.2. The van der Waals surface area contributed by atoms with Gasteiger partial charge in [-0.15, -0.1) is 0 Å². The maximum Gasteiger partial charge on any atom is 0.251 e. The average Bonchev–Trinajstić information content (AvgIpc) is 2.68. The molecule has 1 heterocycles. The van der Waals surface area contributed by atoms with Crippen molar-refractivity contribution in [1.82, 2.24) is 10.3 Å². The van der Waals surface area contributed by atoms with Crippen LogP contribution in [0.5, 0.6) is 5.75 Å². The molecule has 0 radical (unpaired) electrons. The Morgan fingerprint density at radius 2 is 1.68 bits per heavy atom. The smallest absolute Gasteiger partial charge is 0.251 e. The second kappa shape index (κ2) is 8.64. The van der Waals surface area contributed by atoms with Crippen LogP contribution < -0.4 is 10.1 Å². The molecule has 0 spiro atoms. The Hall–Kier alpha value is -3.14. The molecule has 1 amide bonds. The third-order valence-corrected chi connectivity index (χ3v) is 3.76. The highest BCUT2D eigenvalue weighted by atomic mass is 16.5. The summed E-state index contributed by atoms with van der Waals surface area (Å²) in [5, 5.41) is 2.90. The van der Waals surface area contributed by atoms with Gasteiger partial charge >= 0.3 is 0 Å². The van der Waals surface area contributed by atoms with Gasteiger partial charge in [0.2, 0.25) is 0 Å². The van der Waals surface area contributed by atoms with E-state index >= 15 is 0 Å². The highest BCUT2D eigenvalue weighted by Crippen LogP contribution is 2.14. The molecule has 3 rings (SSSR count). The minimum absolute atomic E-state index is 0.0921. The van der Waals surface area contributed by atoms with E-state index < -0.39 is 0 Å². The molecule has 126 valence electrons. The number of carbonyl (C=O) groups is 1. The minimum atomic E-state index is -0.0921. The van der Waals surface area contributed by atoms with Crippen LogP contribution in [0.2, 0.25) is 0 Å². The number of amides is 1. The molecule has 1 N–H and O–H groups in total. The molecule has 4 heteroatoms. The molecular weight excluding hydrogens is 312 g/mol. The number of ether oxygens (including phenoxy) is 1. The summed E-state index contributed by atoms with van der Waals surface area (Å²) in [7, 11) is 0. The van der Waals surface area contributed by atoms with Crippen LogP contribution in [0.4, 0.5) is 0 Å². The van der Waals surface area contributed by atoms with Gasteiger partial charge in [0.05, 0.1) is 0 Å². The predicted molar refractivity (Wildman–Crippen MR) is 97.5 cm³/mol. The summed E-state index contributed by atoms with van der Waals surface area (Å²) in [5.41, 5.74) is 2.69. The molecule has 0 atom stereocenters. The van der Waals surface area contributed by atoms with Gasteiger partial charge in [0, 0.05) is 30.4 Å². The van der Waals surface area contributed by atoms with Crippen LogP contribution >= 0.6 is 0 Å². The highest BCUT2D eigenvalue weighted by Gasteiger charge is 2.05. The van der Waals surface area contributed by atoms with Gasteiger partial charge < -0.3 is 10.1 Å². The topological polar surface area (TPSA) is 51.2 Å². The lowest BCUT2D eigenvalue weighted by Gasteiger charge is -2.08.